The number of aryl methyl sites for hydroxylation is 2. The molecule has 1 aromatic heterocycles. The largest absolute Gasteiger partial charge is 0.489 e. The zero-order valence-electron chi connectivity index (χ0n) is 11.2. The maximum absolute atomic E-state index is 13.4. The van der Waals surface area contributed by atoms with Gasteiger partial charge in [-0.25, -0.2) is 4.39 Å². The quantitative estimate of drug-likeness (QED) is 0.815. The molecule has 4 heteroatoms. The Balaban J connectivity index is 1.72. The number of rotatable bonds is 6. The topological polar surface area (TPSA) is 21.3 Å². The van der Waals surface area contributed by atoms with Crippen molar-refractivity contribution >= 4 is 11.3 Å². The Morgan fingerprint density at radius 2 is 2.11 bits per heavy atom. The minimum Gasteiger partial charge on any atom is -0.489 e. The van der Waals surface area contributed by atoms with Gasteiger partial charge < -0.3 is 10.1 Å². The van der Waals surface area contributed by atoms with E-state index in [1.807, 2.05) is 6.92 Å². The van der Waals surface area contributed by atoms with E-state index in [1.165, 1.54) is 16.5 Å². The van der Waals surface area contributed by atoms with E-state index in [-0.39, 0.29) is 5.82 Å². The molecule has 0 aliphatic heterocycles. The molecule has 0 atom stereocenters. The van der Waals surface area contributed by atoms with Crippen molar-refractivity contribution in [2.75, 3.05) is 13.2 Å². The highest BCUT2D eigenvalue weighted by Crippen LogP contribution is 2.18. The average molecular weight is 279 g/mol. The van der Waals surface area contributed by atoms with Crippen molar-refractivity contribution in [3.8, 4) is 5.75 Å². The molecule has 2 rings (SSSR count). The van der Waals surface area contributed by atoms with Gasteiger partial charge >= 0.3 is 0 Å². The number of halogens is 1. The zero-order valence-corrected chi connectivity index (χ0v) is 12.0. The van der Waals surface area contributed by atoms with Crippen LogP contribution in [-0.2, 0) is 6.54 Å². The maximum Gasteiger partial charge on any atom is 0.165 e. The first-order valence-electron chi connectivity index (χ1n) is 6.29. The van der Waals surface area contributed by atoms with Gasteiger partial charge in [-0.3, -0.25) is 0 Å². The van der Waals surface area contributed by atoms with Gasteiger partial charge in [0.05, 0.1) is 0 Å². The van der Waals surface area contributed by atoms with Crippen molar-refractivity contribution in [3.05, 3.63) is 51.5 Å². The summed E-state index contributed by atoms with van der Waals surface area (Å²) in [6, 6.07) is 7.01. The highest BCUT2D eigenvalue weighted by molar-refractivity contribution is 7.10. The van der Waals surface area contributed by atoms with Gasteiger partial charge in [-0.05, 0) is 48.6 Å². The van der Waals surface area contributed by atoms with Crippen molar-refractivity contribution in [1.29, 1.82) is 0 Å². The Hall–Kier alpha value is -1.39. The summed E-state index contributed by atoms with van der Waals surface area (Å²) in [5, 5.41) is 5.38. The minimum atomic E-state index is -0.306. The van der Waals surface area contributed by atoms with Crippen LogP contribution in [0.1, 0.15) is 16.0 Å². The Morgan fingerprint density at radius 3 is 2.84 bits per heavy atom. The number of thiophene rings is 1. The molecule has 0 aliphatic rings. The lowest BCUT2D eigenvalue weighted by Gasteiger charge is -2.09. The molecule has 1 heterocycles. The van der Waals surface area contributed by atoms with Gasteiger partial charge in [-0.2, -0.15) is 0 Å². The molecule has 0 unspecified atom stereocenters. The van der Waals surface area contributed by atoms with Crippen LogP contribution in [0.15, 0.2) is 29.6 Å². The van der Waals surface area contributed by atoms with E-state index in [0.29, 0.717) is 18.9 Å². The van der Waals surface area contributed by atoms with Gasteiger partial charge in [-0.1, -0.05) is 6.07 Å². The molecule has 1 aromatic carbocycles. The average Bonchev–Trinajstić information content (AvgIpc) is 2.79. The molecule has 0 saturated carbocycles. The van der Waals surface area contributed by atoms with E-state index in [9.17, 15) is 4.39 Å². The first-order chi connectivity index (χ1) is 9.16. The van der Waals surface area contributed by atoms with Crippen molar-refractivity contribution < 1.29 is 9.13 Å². The second-order valence-corrected chi connectivity index (χ2v) is 5.49. The van der Waals surface area contributed by atoms with Crippen LogP contribution in [0.25, 0.3) is 0 Å². The Morgan fingerprint density at radius 1 is 1.26 bits per heavy atom. The molecule has 2 nitrogen and oxygen atoms in total. The van der Waals surface area contributed by atoms with Crippen LogP contribution in [-0.4, -0.2) is 13.2 Å². The lowest BCUT2D eigenvalue weighted by Crippen LogP contribution is -2.20. The first kappa shape index (κ1) is 14.0. The van der Waals surface area contributed by atoms with E-state index in [0.717, 1.165) is 12.1 Å². The monoisotopic (exact) mass is 279 g/mol. The fraction of sp³-hybridized carbons (Fsp3) is 0.333. The molecular weight excluding hydrogens is 261 g/mol. The van der Waals surface area contributed by atoms with Gasteiger partial charge in [-0.15, -0.1) is 11.3 Å². The third-order valence-electron chi connectivity index (χ3n) is 2.88. The third-order valence-corrected chi connectivity index (χ3v) is 3.90. The molecule has 0 bridgehead atoms. The highest BCUT2D eigenvalue weighted by Gasteiger charge is 2.03. The predicted octanol–water partition coefficient (Wildman–Crippen LogP) is 3.67. The first-order valence-corrected chi connectivity index (χ1v) is 7.17. The SMILES string of the molecule is Cc1ccc(F)c(OCCNCc2sccc2C)c1. The van der Waals surface area contributed by atoms with Gasteiger partial charge in [0.15, 0.2) is 11.6 Å². The Bertz CT molecular complexity index is 539. The van der Waals surface area contributed by atoms with E-state index < -0.39 is 0 Å². The van der Waals surface area contributed by atoms with Gasteiger partial charge in [0, 0.05) is 18.0 Å². The molecule has 0 saturated heterocycles. The molecule has 1 N–H and O–H groups in total. The lowest BCUT2D eigenvalue weighted by atomic mass is 10.2. The normalized spacial score (nSPS) is 10.7. The van der Waals surface area contributed by atoms with Gasteiger partial charge in [0.25, 0.3) is 0 Å². The lowest BCUT2D eigenvalue weighted by molar-refractivity contribution is 0.298. The molecule has 0 aliphatic carbocycles. The molecule has 102 valence electrons. The zero-order chi connectivity index (χ0) is 13.7. The second kappa shape index (κ2) is 6.68. The van der Waals surface area contributed by atoms with Crippen molar-refractivity contribution in [1.82, 2.24) is 5.32 Å². The Labute approximate surface area is 117 Å². The summed E-state index contributed by atoms with van der Waals surface area (Å²) in [7, 11) is 0. The smallest absolute Gasteiger partial charge is 0.165 e. The number of nitrogens with one attached hydrogen (secondary N) is 1. The summed E-state index contributed by atoms with van der Waals surface area (Å²) in [6.45, 7) is 6.02. The standard InChI is InChI=1S/C15H18FNOS/c1-11-3-4-13(16)14(9-11)18-7-6-17-10-15-12(2)5-8-19-15/h3-5,8-9,17H,6-7,10H2,1-2H3. The fourth-order valence-corrected chi connectivity index (χ4v) is 2.62. The summed E-state index contributed by atoms with van der Waals surface area (Å²) >= 11 is 1.75. The van der Waals surface area contributed by atoms with Crippen LogP contribution in [0.5, 0.6) is 5.75 Å². The number of ether oxygens (including phenoxy) is 1. The molecule has 0 radical (unpaired) electrons. The second-order valence-electron chi connectivity index (χ2n) is 4.49. The molecule has 19 heavy (non-hydrogen) atoms. The van der Waals surface area contributed by atoms with Crippen LogP contribution in [0.2, 0.25) is 0 Å². The Kier molecular flexibility index (Phi) is 4.93. The number of benzene rings is 1. The summed E-state index contributed by atoms with van der Waals surface area (Å²) < 4.78 is 18.8. The van der Waals surface area contributed by atoms with Crippen LogP contribution in [0.4, 0.5) is 4.39 Å². The minimum absolute atomic E-state index is 0.306. The van der Waals surface area contributed by atoms with E-state index >= 15 is 0 Å². The van der Waals surface area contributed by atoms with Crippen LogP contribution in [0, 0.1) is 19.7 Å². The fourth-order valence-electron chi connectivity index (χ4n) is 1.74. The summed E-state index contributed by atoms with van der Waals surface area (Å²) in [5.74, 6) is 0.0220. The van der Waals surface area contributed by atoms with Crippen molar-refractivity contribution in [2.24, 2.45) is 0 Å². The predicted molar refractivity (Wildman–Crippen MR) is 77.4 cm³/mol. The van der Waals surface area contributed by atoms with Gasteiger partial charge in [0.1, 0.15) is 6.61 Å². The summed E-state index contributed by atoms with van der Waals surface area (Å²) in [6.07, 6.45) is 0. The highest BCUT2D eigenvalue weighted by atomic mass is 32.1. The number of hydrogen-bond acceptors (Lipinski definition) is 3. The maximum atomic E-state index is 13.4. The van der Waals surface area contributed by atoms with Crippen molar-refractivity contribution in [3.63, 3.8) is 0 Å². The van der Waals surface area contributed by atoms with E-state index in [2.05, 4.69) is 23.7 Å². The summed E-state index contributed by atoms with van der Waals surface area (Å²) in [4.78, 5) is 1.33. The molecule has 0 fully saturated rings. The van der Waals surface area contributed by atoms with Crippen LogP contribution >= 0.6 is 11.3 Å². The molecule has 2 aromatic rings. The number of hydrogen-bond donors (Lipinski definition) is 1. The van der Waals surface area contributed by atoms with E-state index in [4.69, 9.17) is 4.74 Å². The van der Waals surface area contributed by atoms with Gasteiger partial charge in [0.2, 0.25) is 0 Å². The molecule has 0 spiro atoms. The molecule has 0 amide bonds. The molecular formula is C15H18FNOS. The third kappa shape index (κ3) is 4.04. The summed E-state index contributed by atoms with van der Waals surface area (Å²) in [5.41, 5.74) is 2.31. The van der Waals surface area contributed by atoms with Crippen LogP contribution in [0.3, 0.4) is 0 Å². The van der Waals surface area contributed by atoms with Crippen LogP contribution < -0.4 is 10.1 Å². The van der Waals surface area contributed by atoms with Crippen molar-refractivity contribution in [2.45, 2.75) is 20.4 Å². The van der Waals surface area contributed by atoms with E-state index in [1.54, 1.807) is 23.5 Å².